The number of nitriles is 1. The Balaban J connectivity index is 1.47. The molecule has 2 aromatic carbocycles. The zero-order valence-corrected chi connectivity index (χ0v) is 21.6. The third-order valence-electron chi connectivity index (χ3n) is 7.30. The Bertz CT molecular complexity index is 1580. The lowest BCUT2D eigenvalue weighted by molar-refractivity contribution is 0.313. The van der Waals surface area contributed by atoms with Gasteiger partial charge in [-0.25, -0.2) is 9.37 Å². The first-order valence-electron chi connectivity index (χ1n) is 12.5. The van der Waals surface area contributed by atoms with Gasteiger partial charge in [0.1, 0.15) is 22.5 Å². The number of halogens is 1. The average molecular weight is 515 g/mol. The molecule has 2 aliphatic rings. The monoisotopic (exact) mass is 514 g/mol. The first-order chi connectivity index (χ1) is 17.9. The molecule has 0 bridgehead atoms. The maximum Gasteiger partial charge on any atom is 0.258 e. The lowest BCUT2D eigenvalue weighted by Crippen LogP contribution is -2.44. The fourth-order valence-electron chi connectivity index (χ4n) is 4.92. The van der Waals surface area contributed by atoms with Gasteiger partial charge in [0.2, 0.25) is 0 Å². The SMILES string of the molecule is CN1CCN(c2ccc3c(=O)n(C4CC4)cc(N(C)c4nc(-c5ccc(F)cc5)c(C#N)s4)c3c2)CC1. The minimum atomic E-state index is -0.334. The van der Waals surface area contributed by atoms with E-state index >= 15 is 0 Å². The number of hydrogen-bond acceptors (Lipinski definition) is 7. The molecule has 6 rings (SSSR count). The molecule has 0 N–H and O–H groups in total. The molecule has 9 heteroatoms. The first kappa shape index (κ1) is 23.6. The van der Waals surface area contributed by atoms with Crippen LogP contribution >= 0.6 is 11.3 Å². The lowest BCUT2D eigenvalue weighted by Gasteiger charge is -2.34. The van der Waals surface area contributed by atoms with Crippen molar-refractivity contribution in [3.63, 3.8) is 0 Å². The number of anilines is 3. The summed E-state index contributed by atoms with van der Waals surface area (Å²) in [5.41, 5.74) is 3.23. The second-order valence-corrected chi connectivity index (χ2v) is 10.8. The van der Waals surface area contributed by atoms with Crippen molar-refractivity contribution in [2.24, 2.45) is 0 Å². The summed E-state index contributed by atoms with van der Waals surface area (Å²) in [6.07, 6.45) is 3.94. The summed E-state index contributed by atoms with van der Waals surface area (Å²) in [4.78, 5) is 25.3. The molecule has 0 radical (unpaired) electrons. The molecule has 37 heavy (non-hydrogen) atoms. The normalized spacial score (nSPS) is 16.2. The number of pyridine rings is 1. The molecule has 4 aromatic rings. The van der Waals surface area contributed by atoms with Crippen LogP contribution in [-0.4, -0.2) is 54.7 Å². The largest absolute Gasteiger partial charge is 0.369 e. The van der Waals surface area contributed by atoms with Crippen molar-refractivity contribution in [3.05, 3.63) is 69.7 Å². The number of thiazole rings is 1. The standard InChI is InChI=1S/C28H27FN6OS/c1-32-11-13-34(14-12-32)21-9-10-22-23(15-21)24(17-35(27(22)36)20-7-8-20)33(2)28-31-26(25(16-30)37-28)18-3-5-19(29)6-4-18/h3-6,9-10,15,17,20H,7-8,11-14H2,1-2H3. The Morgan fingerprint density at radius 2 is 1.81 bits per heavy atom. The number of hydrogen-bond donors (Lipinski definition) is 0. The Morgan fingerprint density at radius 1 is 1.08 bits per heavy atom. The average Bonchev–Trinajstić information content (AvgIpc) is 3.67. The van der Waals surface area contributed by atoms with Gasteiger partial charge in [0, 0.05) is 67.5 Å². The van der Waals surface area contributed by atoms with Crippen molar-refractivity contribution in [2.75, 3.05) is 50.1 Å². The number of piperazine rings is 1. The molecule has 1 saturated heterocycles. The van der Waals surface area contributed by atoms with Crippen molar-refractivity contribution in [3.8, 4) is 17.3 Å². The van der Waals surface area contributed by atoms with Crippen LogP contribution in [0.1, 0.15) is 23.8 Å². The van der Waals surface area contributed by atoms with Gasteiger partial charge in [0.05, 0.1) is 5.69 Å². The zero-order chi connectivity index (χ0) is 25.7. The van der Waals surface area contributed by atoms with Crippen molar-refractivity contribution in [1.82, 2.24) is 14.5 Å². The van der Waals surface area contributed by atoms with Crippen molar-refractivity contribution in [2.45, 2.75) is 18.9 Å². The molecule has 1 aliphatic heterocycles. The minimum absolute atomic E-state index is 0.0310. The van der Waals surface area contributed by atoms with E-state index in [2.05, 4.69) is 35.0 Å². The summed E-state index contributed by atoms with van der Waals surface area (Å²) < 4.78 is 15.3. The third-order valence-corrected chi connectivity index (χ3v) is 8.33. The van der Waals surface area contributed by atoms with Crippen LogP contribution in [0.4, 0.5) is 20.9 Å². The number of likely N-dealkylation sites (N-methyl/N-ethyl adjacent to an activating group) is 1. The van der Waals surface area contributed by atoms with E-state index in [0.717, 1.165) is 55.8 Å². The number of rotatable bonds is 5. The molecule has 0 amide bonds. The van der Waals surface area contributed by atoms with E-state index < -0.39 is 0 Å². The van der Waals surface area contributed by atoms with Crippen LogP contribution in [0.15, 0.2) is 53.5 Å². The van der Waals surface area contributed by atoms with Crippen molar-refractivity contribution in [1.29, 1.82) is 5.26 Å². The predicted octanol–water partition coefficient (Wildman–Crippen LogP) is 4.99. The molecule has 3 heterocycles. The minimum Gasteiger partial charge on any atom is -0.369 e. The molecular formula is C28H27FN6OS. The summed E-state index contributed by atoms with van der Waals surface area (Å²) >= 11 is 1.29. The van der Waals surface area contributed by atoms with Gasteiger partial charge in [0.25, 0.3) is 5.56 Å². The fraction of sp³-hybridized carbons (Fsp3) is 0.321. The predicted molar refractivity (Wildman–Crippen MR) is 146 cm³/mol. The van der Waals surface area contributed by atoms with Crippen LogP contribution in [-0.2, 0) is 0 Å². The van der Waals surface area contributed by atoms with Gasteiger partial charge >= 0.3 is 0 Å². The van der Waals surface area contributed by atoms with E-state index in [0.29, 0.717) is 26.7 Å². The highest BCUT2D eigenvalue weighted by molar-refractivity contribution is 7.16. The van der Waals surface area contributed by atoms with Gasteiger partial charge in [-0.3, -0.25) is 4.79 Å². The fourth-order valence-corrected chi connectivity index (χ4v) is 5.78. The Labute approximate surface area is 218 Å². The zero-order valence-electron chi connectivity index (χ0n) is 20.8. The molecule has 2 fully saturated rings. The van der Waals surface area contributed by atoms with Gasteiger partial charge in [0.15, 0.2) is 5.13 Å². The highest BCUT2D eigenvalue weighted by atomic mass is 32.1. The molecule has 7 nitrogen and oxygen atoms in total. The molecule has 1 saturated carbocycles. The van der Waals surface area contributed by atoms with E-state index in [1.165, 1.54) is 23.5 Å². The number of aromatic nitrogens is 2. The quantitative estimate of drug-likeness (QED) is 0.374. The summed E-state index contributed by atoms with van der Waals surface area (Å²) in [6, 6.07) is 14.6. The van der Waals surface area contributed by atoms with Gasteiger partial charge < -0.3 is 19.3 Å². The van der Waals surface area contributed by atoms with Crippen LogP contribution in [0, 0.1) is 17.1 Å². The van der Waals surface area contributed by atoms with Gasteiger partial charge in [-0.15, -0.1) is 0 Å². The molecule has 2 aromatic heterocycles. The summed E-state index contributed by atoms with van der Waals surface area (Å²) in [5, 5.41) is 12.0. The maximum atomic E-state index is 13.5. The van der Waals surface area contributed by atoms with Gasteiger partial charge in [-0.05, 0) is 62.4 Å². The number of benzene rings is 2. The molecule has 1 aliphatic carbocycles. The third kappa shape index (κ3) is 4.37. The van der Waals surface area contributed by atoms with E-state index in [1.807, 2.05) is 28.8 Å². The summed E-state index contributed by atoms with van der Waals surface area (Å²) in [7, 11) is 4.06. The van der Waals surface area contributed by atoms with E-state index in [4.69, 9.17) is 4.98 Å². The molecule has 188 valence electrons. The Morgan fingerprint density at radius 3 is 2.49 bits per heavy atom. The highest BCUT2D eigenvalue weighted by Crippen LogP contribution is 2.40. The second-order valence-electron chi connectivity index (χ2n) is 9.83. The molecular weight excluding hydrogens is 487 g/mol. The van der Waals surface area contributed by atoms with Crippen LogP contribution in [0.3, 0.4) is 0 Å². The maximum absolute atomic E-state index is 13.5. The topological polar surface area (TPSA) is 68.4 Å². The van der Waals surface area contributed by atoms with Crippen LogP contribution in [0.2, 0.25) is 0 Å². The second kappa shape index (κ2) is 9.29. The van der Waals surface area contributed by atoms with E-state index in [1.54, 1.807) is 12.1 Å². The number of fused-ring (bicyclic) bond motifs is 1. The van der Waals surface area contributed by atoms with Crippen LogP contribution in [0.5, 0.6) is 0 Å². The van der Waals surface area contributed by atoms with Crippen LogP contribution in [0.25, 0.3) is 22.0 Å². The van der Waals surface area contributed by atoms with Crippen molar-refractivity contribution < 1.29 is 4.39 Å². The lowest BCUT2D eigenvalue weighted by atomic mass is 10.1. The van der Waals surface area contributed by atoms with Crippen molar-refractivity contribution >= 4 is 38.6 Å². The Hall–Kier alpha value is -3.74. The highest BCUT2D eigenvalue weighted by Gasteiger charge is 2.28. The molecule has 0 spiro atoms. The smallest absolute Gasteiger partial charge is 0.258 e. The molecule has 0 unspecified atom stereocenters. The first-order valence-corrected chi connectivity index (χ1v) is 13.3. The van der Waals surface area contributed by atoms with E-state index in [-0.39, 0.29) is 17.4 Å². The van der Waals surface area contributed by atoms with Crippen LogP contribution < -0.4 is 15.4 Å². The Kier molecular flexibility index (Phi) is 5.94. The molecule has 0 atom stereocenters. The van der Waals surface area contributed by atoms with E-state index in [9.17, 15) is 14.4 Å². The van der Waals surface area contributed by atoms with Gasteiger partial charge in [-0.1, -0.05) is 11.3 Å². The van der Waals surface area contributed by atoms with Gasteiger partial charge in [-0.2, -0.15) is 5.26 Å². The summed E-state index contributed by atoms with van der Waals surface area (Å²) in [5.74, 6) is -0.334. The summed E-state index contributed by atoms with van der Waals surface area (Å²) in [6.45, 7) is 3.86. The number of nitrogens with zero attached hydrogens (tertiary/aromatic N) is 6.